The summed E-state index contributed by atoms with van der Waals surface area (Å²) in [6, 6.07) is 14.3. The molecule has 2 aliphatic rings. The third kappa shape index (κ3) is 8.37. The first kappa shape index (κ1) is 29.2. The summed E-state index contributed by atoms with van der Waals surface area (Å²) in [6.45, 7) is 0.124. The molecule has 2 aromatic rings. The molecule has 0 aromatic heterocycles. The Hall–Kier alpha value is -2.74. The van der Waals surface area contributed by atoms with Crippen LogP contribution in [0, 0.1) is 0 Å². The van der Waals surface area contributed by atoms with Crippen molar-refractivity contribution in [3.8, 4) is 5.75 Å². The van der Waals surface area contributed by atoms with Gasteiger partial charge in [0.25, 0.3) is 10.0 Å². The maximum Gasteiger partial charge on any atom is 0.407 e. The minimum Gasteiger partial charge on any atom is -0.497 e. The standard InChI is InChI=1S/C27H36N2O9S/c1-34-21-11-13-24(14-12-21)39(32,33)29(38-22-9-5-6-10-22)16-26(30)25(15-20-7-3-2-4-8-20)28-27(31)37-23-17-35-19-36-18-23/h2-4,7-8,11-14,22-23,25-26,30H,5-6,9-10,15-19H2,1H3,(H,28,31)/t25-,26-/m0/s1. The number of ether oxygens (including phenoxy) is 4. The fourth-order valence-corrected chi connectivity index (χ4v) is 5.82. The van der Waals surface area contributed by atoms with Crippen molar-refractivity contribution in [3.05, 3.63) is 60.2 Å². The van der Waals surface area contributed by atoms with Gasteiger partial charge in [0.05, 0.1) is 50.0 Å². The Balaban J connectivity index is 1.53. The summed E-state index contributed by atoms with van der Waals surface area (Å²) in [6.07, 6.45) is 0.552. The van der Waals surface area contributed by atoms with Crippen LogP contribution in [0.1, 0.15) is 31.2 Å². The second-order valence-electron chi connectivity index (χ2n) is 9.57. The monoisotopic (exact) mass is 564 g/mol. The van der Waals surface area contributed by atoms with Gasteiger partial charge in [0.15, 0.2) is 6.10 Å². The number of carbonyl (C=O) groups is 1. The van der Waals surface area contributed by atoms with Gasteiger partial charge in [0, 0.05) is 0 Å². The minimum atomic E-state index is -4.15. The summed E-state index contributed by atoms with van der Waals surface area (Å²) >= 11 is 0. The molecule has 4 rings (SSSR count). The highest BCUT2D eigenvalue weighted by Gasteiger charge is 2.35. The highest BCUT2D eigenvalue weighted by Crippen LogP contribution is 2.27. The Morgan fingerprint density at radius 2 is 1.72 bits per heavy atom. The molecule has 2 aromatic carbocycles. The molecular weight excluding hydrogens is 528 g/mol. The predicted octanol–water partition coefficient (Wildman–Crippen LogP) is 2.63. The number of rotatable bonds is 12. The van der Waals surface area contributed by atoms with Crippen LogP contribution in [0.5, 0.6) is 5.75 Å². The normalized spacial score (nSPS) is 18.5. The van der Waals surface area contributed by atoms with Gasteiger partial charge in [-0.25, -0.2) is 13.2 Å². The van der Waals surface area contributed by atoms with E-state index in [1.54, 1.807) is 12.1 Å². The zero-order valence-electron chi connectivity index (χ0n) is 21.9. The SMILES string of the molecule is COc1ccc(S(=O)(=O)N(C[C@H](O)[C@H](Cc2ccccc2)NC(=O)OC2COCOC2)OC2CCCC2)cc1. The van der Waals surface area contributed by atoms with Gasteiger partial charge in [-0.2, -0.15) is 0 Å². The van der Waals surface area contributed by atoms with E-state index in [0.717, 1.165) is 22.9 Å². The lowest BCUT2D eigenvalue weighted by molar-refractivity contribution is -0.153. The van der Waals surface area contributed by atoms with Crippen molar-refractivity contribution < 1.29 is 42.1 Å². The third-order valence-electron chi connectivity index (χ3n) is 6.64. The van der Waals surface area contributed by atoms with Gasteiger partial charge in [0.1, 0.15) is 12.5 Å². The molecule has 2 fully saturated rings. The highest BCUT2D eigenvalue weighted by molar-refractivity contribution is 7.89. The van der Waals surface area contributed by atoms with Crippen LogP contribution in [0.4, 0.5) is 4.79 Å². The second-order valence-corrected chi connectivity index (χ2v) is 11.4. The molecule has 1 amide bonds. The number of hydrogen-bond donors (Lipinski definition) is 2. The topological polar surface area (TPSA) is 133 Å². The molecule has 0 spiro atoms. The molecule has 1 aliphatic heterocycles. The van der Waals surface area contributed by atoms with E-state index in [2.05, 4.69) is 5.32 Å². The van der Waals surface area contributed by atoms with E-state index in [4.69, 9.17) is 23.8 Å². The molecule has 1 saturated heterocycles. The third-order valence-corrected chi connectivity index (χ3v) is 8.28. The summed E-state index contributed by atoms with van der Waals surface area (Å²) in [5, 5.41) is 14.0. The smallest absolute Gasteiger partial charge is 0.407 e. The molecule has 1 heterocycles. The van der Waals surface area contributed by atoms with Gasteiger partial charge >= 0.3 is 6.09 Å². The summed E-state index contributed by atoms with van der Waals surface area (Å²) in [4.78, 5) is 18.7. The lowest BCUT2D eigenvalue weighted by Crippen LogP contribution is -2.52. The first-order valence-electron chi connectivity index (χ1n) is 13.0. The Morgan fingerprint density at radius 3 is 2.36 bits per heavy atom. The van der Waals surface area contributed by atoms with Crippen molar-refractivity contribution in [2.24, 2.45) is 0 Å². The quantitative estimate of drug-likeness (QED) is 0.373. The molecule has 2 atom stereocenters. The van der Waals surface area contributed by atoms with E-state index in [1.165, 1.54) is 19.2 Å². The number of carbonyl (C=O) groups excluding carboxylic acids is 1. The summed E-state index contributed by atoms with van der Waals surface area (Å²) in [5.41, 5.74) is 0.840. The lowest BCUT2D eigenvalue weighted by Gasteiger charge is -2.31. The summed E-state index contributed by atoms with van der Waals surface area (Å²) in [7, 11) is -2.65. The number of amides is 1. The van der Waals surface area contributed by atoms with Crippen molar-refractivity contribution >= 4 is 16.1 Å². The number of sulfonamides is 1. The Kier molecular flexibility index (Phi) is 10.5. The second kappa shape index (κ2) is 14.1. The van der Waals surface area contributed by atoms with E-state index >= 15 is 0 Å². The number of nitrogens with zero attached hydrogens (tertiary/aromatic N) is 1. The zero-order valence-corrected chi connectivity index (χ0v) is 22.8. The van der Waals surface area contributed by atoms with E-state index in [1.807, 2.05) is 30.3 Å². The minimum absolute atomic E-state index is 0.00206. The Bertz CT molecular complexity index is 1140. The van der Waals surface area contributed by atoms with Crippen molar-refractivity contribution in [3.63, 3.8) is 0 Å². The van der Waals surface area contributed by atoms with Crippen molar-refractivity contribution in [1.29, 1.82) is 0 Å². The van der Waals surface area contributed by atoms with Gasteiger partial charge in [-0.1, -0.05) is 47.6 Å². The summed E-state index contributed by atoms with van der Waals surface area (Å²) < 4.78 is 49.0. The van der Waals surface area contributed by atoms with Crippen LogP contribution in [0.3, 0.4) is 0 Å². The van der Waals surface area contributed by atoms with Crippen LogP contribution in [-0.2, 0) is 35.5 Å². The van der Waals surface area contributed by atoms with Crippen molar-refractivity contribution in [2.45, 2.75) is 61.4 Å². The van der Waals surface area contributed by atoms with Gasteiger partial charge in [0.2, 0.25) is 0 Å². The van der Waals surface area contributed by atoms with Crippen LogP contribution in [0.2, 0.25) is 0 Å². The zero-order chi connectivity index (χ0) is 27.7. The molecule has 0 bridgehead atoms. The number of hydrogen-bond acceptors (Lipinski definition) is 9. The molecule has 11 nitrogen and oxygen atoms in total. The van der Waals surface area contributed by atoms with Crippen LogP contribution < -0.4 is 10.1 Å². The Labute approximate surface area is 228 Å². The lowest BCUT2D eigenvalue weighted by atomic mass is 10.0. The van der Waals surface area contributed by atoms with E-state index in [0.29, 0.717) is 18.6 Å². The van der Waals surface area contributed by atoms with Crippen molar-refractivity contribution in [2.75, 3.05) is 33.7 Å². The van der Waals surface area contributed by atoms with Crippen LogP contribution in [-0.4, -0.2) is 82.1 Å². The number of benzene rings is 2. The maximum absolute atomic E-state index is 13.6. The number of aliphatic hydroxyl groups is 1. The molecule has 0 unspecified atom stereocenters. The number of aliphatic hydroxyl groups excluding tert-OH is 1. The predicted molar refractivity (Wildman–Crippen MR) is 140 cm³/mol. The molecule has 2 N–H and O–H groups in total. The molecule has 214 valence electrons. The fourth-order valence-electron chi connectivity index (χ4n) is 4.53. The Morgan fingerprint density at radius 1 is 1.05 bits per heavy atom. The van der Waals surface area contributed by atoms with Crippen molar-refractivity contribution in [1.82, 2.24) is 9.79 Å². The van der Waals surface area contributed by atoms with Gasteiger partial charge < -0.3 is 29.4 Å². The molecule has 1 aliphatic carbocycles. The molecule has 1 saturated carbocycles. The van der Waals surface area contributed by atoms with E-state index in [-0.39, 0.29) is 37.4 Å². The molecule has 0 radical (unpaired) electrons. The average molecular weight is 565 g/mol. The fraction of sp³-hybridized carbons (Fsp3) is 0.519. The molecular formula is C27H36N2O9S. The first-order chi connectivity index (χ1) is 18.8. The van der Waals surface area contributed by atoms with E-state index in [9.17, 15) is 18.3 Å². The highest BCUT2D eigenvalue weighted by atomic mass is 32.2. The molecule has 12 heteroatoms. The van der Waals surface area contributed by atoms with Gasteiger partial charge in [-0.3, -0.25) is 4.84 Å². The van der Waals surface area contributed by atoms with Crippen LogP contribution in [0.15, 0.2) is 59.5 Å². The number of methoxy groups -OCH3 is 1. The maximum atomic E-state index is 13.6. The number of hydroxylamine groups is 1. The first-order valence-corrected chi connectivity index (χ1v) is 14.5. The largest absolute Gasteiger partial charge is 0.497 e. The number of nitrogens with one attached hydrogen (secondary N) is 1. The average Bonchev–Trinajstić information content (AvgIpc) is 3.46. The number of alkyl carbamates (subject to hydrolysis) is 1. The van der Waals surface area contributed by atoms with Gasteiger partial charge in [-0.15, -0.1) is 0 Å². The van der Waals surface area contributed by atoms with Gasteiger partial charge in [-0.05, 0) is 49.1 Å². The molecule has 39 heavy (non-hydrogen) atoms. The van der Waals surface area contributed by atoms with Crippen LogP contribution >= 0.6 is 0 Å². The van der Waals surface area contributed by atoms with E-state index < -0.39 is 40.9 Å². The van der Waals surface area contributed by atoms with Crippen LogP contribution in [0.25, 0.3) is 0 Å². The summed E-state index contributed by atoms with van der Waals surface area (Å²) in [5.74, 6) is 0.511.